The van der Waals surface area contributed by atoms with Gasteiger partial charge in [-0.3, -0.25) is 0 Å². The van der Waals surface area contributed by atoms with Crippen LogP contribution in [0.25, 0.3) is 0 Å². The topological polar surface area (TPSA) is 24.9 Å². The maximum Gasteiger partial charge on any atom is 0.135 e. The van der Waals surface area contributed by atoms with Crippen LogP contribution in [0, 0.1) is 0 Å². The van der Waals surface area contributed by atoms with Crippen molar-refractivity contribution in [1.82, 2.24) is 10.1 Å². The summed E-state index contributed by atoms with van der Waals surface area (Å²) in [5, 5.41) is 3.47. The maximum atomic E-state index is 5.20. The quantitative estimate of drug-likeness (QED) is 0.545. The second kappa shape index (κ2) is 5.82. The zero-order valence-corrected chi connectivity index (χ0v) is 9.68. The van der Waals surface area contributed by atoms with Gasteiger partial charge in [0.1, 0.15) is 6.17 Å². The van der Waals surface area contributed by atoms with Gasteiger partial charge >= 0.3 is 0 Å². The Balaban J connectivity index is 2.91. The van der Waals surface area contributed by atoms with Gasteiger partial charge in [0, 0.05) is 14.1 Å². The third-order valence-corrected chi connectivity index (χ3v) is 2.36. The summed E-state index contributed by atoms with van der Waals surface area (Å²) in [5.74, 6) is 0. The molecule has 1 rings (SSSR count). The fourth-order valence-electron chi connectivity index (χ4n) is 1.47. The molecule has 0 amide bonds. The number of nitrogens with zero attached hydrogens (tertiary/aromatic N) is 2. The first-order valence-electron chi connectivity index (χ1n) is 4.79. The number of benzene rings is 1. The molecule has 0 aromatic heterocycles. The van der Waals surface area contributed by atoms with Crippen LogP contribution in [0.2, 0.25) is 0 Å². The van der Waals surface area contributed by atoms with Crippen molar-refractivity contribution in [3.8, 4) is 0 Å². The van der Waals surface area contributed by atoms with Gasteiger partial charge in [-0.15, -0.1) is 0 Å². The summed E-state index contributed by atoms with van der Waals surface area (Å²) in [5.41, 5.74) is 1.12. The normalized spacial score (nSPS) is 11.7. The standard InChI is InChI=1S/C11H18N2O2/c1-12(14-3)11(13(2)15-4)10-8-6-5-7-9-10/h5-9,11H,1-4H3. The molecule has 84 valence electrons. The number of hydroxylamine groups is 4. The zero-order valence-electron chi connectivity index (χ0n) is 9.68. The molecular formula is C11H18N2O2. The van der Waals surface area contributed by atoms with E-state index in [-0.39, 0.29) is 6.17 Å². The fourth-order valence-corrected chi connectivity index (χ4v) is 1.47. The van der Waals surface area contributed by atoms with E-state index in [9.17, 15) is 0 Å². The van der Waals surface area contributed by atoms with Gasteiger partial charge in [-0.2, -0.15) is 10.1 Å². The molecule has 0 aliphatic carbocycles. The van der Waals surface area contributed by atoms with E-state index in [0.29, 0.717) is 0 Å². The lowest BCUT2D eigenvalue weighted by Crippen LogP contribution is -2.36. The predicted octanol–water partition coefficient (Wildman–Crippen LogP) is 1.67. The summed E-state index contributed by atoms with van der Waals surface area (Å²) < 4.78 is 0. The van der Waals surface area contributed by atoms with Gasteiger partial charge in [0.05, 0.1) is 14.2 Å². The SMILES string of the molecule is CON(C)C(c1ccccc1)N(C)OC. The average Bonchev–Trinajstić information content (AvgIpc) is 2.30. The first kappa shape index (κ1) is 12.1. The lowest BCUT2D eigenvalue weighted by atomic mass is 10.2. The molecule has 1 aromatic carbocycles. The Bertz CT molecular complexity index is 269. The van der Waals surface area contributed by atoms with E-state index in [2.05, 4.69) is 0 Å². The van der Waals surface area contributed by atoms with Crippen molar-refractivity contribution in [2.75, 3.05) is 28.3 Å². The van der Waals surface area contributed by atoms with E-state index < -0.39 is 0 Å². The van der Waals surface area contributed by atoms with E-state index in [1.807, 2.05) is 44.4 Å². The largest absolute Gasteiger partial charge is 0.301 e. The minimum Gasteiger partial charge on any atom is -0.301 e. The highest BCUT2D eigenvalue weighted by Crippen LogP contribution is 2.22. The predicted molar refractivity (Wildman–Crippen MR) is 58.7 cm³/mol. The van der Waals surface area contributed by atoms with Gasteiger partial charge in [0.2, 0.25) is 0 Å². The molecule has 0 unspecified atom stereocenters. The van der Waals surface area contributed by atoms with E-state index in [4.69, 9.17) is 9.68 Å². The fraction of sp³-hybridized carbons (Fsp3) is 0.455. The van der Waals surface area contributed by atoms with Gasteiger partial charge in [0.25, 0.3) is 0 Å². The molecule has 15 heavy (non-hydrogen) atoms. The Hall–Kier alpha value is -0.940. The monoisotopic (exact) mass is 210 g/mol. The molecule has 4 nitrogen and oxygen atoms in total. The number of hydrogen-bond donors (Lipinski definition) is 0. The van der Waals surface area contributed by atoms with Crippen LogP contribution in [0.5, 0.6) is 0 Å². The summed E-state index contributed by atoms with van der Waals surface area (Å²) >= 11 is 0. The van der Waals surface area contributed by atoms with Crippen LogP contribution in [0.1, 0.15) is 11.7 Å². The molecule has 1 aromatic rings. The van der Waals surface area contributed by atoms with Crippen LogP contribution in [0.15, 0.2) is 30.3 Å². The lowest BCUT2D eigenvalue weighted by Gasteiger charge is -2.32. The molecular weight excluding hydrogens is 192 g/mol. The van der Waals surface area contributed by atoms with Crippen LogP contribution in [0.3, 0.4) is 0 Å². The molecule has 0 radical (unpaired) electrons. The zero-order chi connectivity index (χ0) is 11.3. The molecule has 0 heterocycles. The van der Waals surface area contributed by atoms with Crippen molar-refractivity contribution < 1.29 is 9.68 Å². The minimum absolute atomic E-state index is 0.0544. The van der Waals surface area contributed by atoms with E-state index in [1.54, 1.807) is 24.3 Å². The first-order valence-corrected chi connectivity index (χ1v) is 4.79. The van der Waals surface area contributed by atoms with Crippen LogP contribution in [-0.2, 0) is 9.68 Å². The Labute approximate surface area is 90.9 Å². The molecule has 0 fully saturated rings. The first-order chi connectivity index (χ1) is 7.20. The second-order valence-corrected chi connectivity index (χ2v) is 3.24. The Kier molecular flexibility index (Phi) is 4.71. The highest BCUT2D eigenvalue weighted by Gasteiger charge is 2.21. The van der Waals surface area contributed by atoms with Crippen molar-refractivity contribution in [1.29, 1.82) is 0 Å². The summed E-state index contributed by atoms with van der Waals surface area (Å²) in [6.45, 7) is 0. The number of rotatable bonds is 5. The van der Waals surface area contributed by atoms with Gasteiger partial charge < -0.3 is 9.68 Å². The molecule has 0 N–H and O–H groups in total. The number of hydrogen-bond acceptors (Lipinski definition) is 4. The Morgan fingerprint density at radius 2 is 1.40 bits per heavy atom. The second-order valence-electron chi connectivity index (χ2n) is 3.24. The van der Waals surface area contributed by atoms with E-state index in [0.717, 1.165) is 5.56 Å². The lowest BCUT2D eigenvalue weighted by molar-refractivity contribution is -0.261. The highest BCUT2D eigenvalue weighted by molar-refractivity contribution is 5.17. The van der Waals surface area contributed by atoms with Crippen molar-refractivity contribution >= 4 is 0 Å². The summed E-state index contributed by atoms with van der Waals surface area (Å²) in [6, 6.07) is 10.1. The third kappa shape index (κ3) is 3.00. The van der Waals surface area contributed by atoms with Crippen LogP contribution < -0.4 is 0 Å². The summed E-state index contributed by atoms with van der Waals surface area (Å²) in [4.78, 5) is 10.4. The summed E-state index contributed by atoms with van der Waals surface area (Å²) in [6.07, 6.45) is -0.0544. The van der Waals surface area contributed by atoms with Crippen LogP contribution >= 0.6 is 0 Å². The molecule has 0 saturated carbocycles. The molecule has 0 aliphatic heterocycles. The molecule has 0 aliphatic rings. The van der Waals surface area contributed by atoms with E-state index >= 15 is 0 Å². The molecule has 0 atom stereocenters. The van der Waals surface area contributed by atoms with Crippen molar-refractivity contribution in [3.63, 3.8) is 0 Å². The van der Waals surface area contributed by atoms with Gasteiger partial charge in [-0.25, -0.2) is 0 Å². The smallest absolute Gasteiger partial charge is 0.135 e. The summed E-state index contributed by atoms with van der Waals surface area (Å²) in [7, 11) is 7.01. The third-order valence-electron chi connectivity index (χ3n) is 2.36. The molecule has 0 saturated heterocycles. The van der Waals surface area contributed by atoms with E-state index in [1.165, 1.54) is 0 Å². The Morgan fingerprint density at radius 1 is 0.933 bits per heavy atom. The van der Waals surface area contributed by atoms with Crippen LogP contribution in [-0.4, -0.2) is 38.4 Å². The van der Waals surface area contributed by atoms with Crippen molar-refractivity contribution in [3.05, 3.63) is 35.9 Å². The minimum atomic E-state index is -0.0544. The van der Waals surface area contributed by atoms with Crippen molar-refractivity contribution in [2.24, 2.45) is 0 Å². The van der Waals surface area contributed by atoms with Crippen molar-refractivity contribution in [2.45, 2.75) is 6.17 Å². The Morgan fingerprint density at radius 3 is 1.80 bits per heavy atom. The highest BCUT2D eigenvalue weighted by atomic mass is 16.7. The van der Waals surface area contributed by atoms with Crippen LogP contribution in [0.4, 0.5) is 0 Å². The molecule has 0 spiro atoms. The molecule has 0 bridgehead atoms. The van der Waals surface area contributed by atoms with Gasteiger partial charge in [-0.05, 0) is 5.56 Å². The van der Waals surface area contributed by atoms with Gasteiger partial charge in [-0.1, -0.05) is 30.3 Å². The molecule has 4 heteroatoms. The average molecular weight is 210 g/mol. The maximum absolute atomic E-state index is 5.20. The van der Waals surface area contributed by atoms with Gasteiger partial charge in [0.15, 0.2) is 0 Å².